The molecule has 154 valence electrons. The largest absolute Gasteiger partial charge is 0.0810 e. The molecule has 2 bridgehead atoms. The summed E-state index contributed by atoms with van der Waals surface area (Å²) in [7, 11) is 0. The average Bonchev–Trinajstić information content (AvgIpc) is 3.04. The molecule has 0 nitrogen and oxygen atoms in total. The predicted octanol–water partition coefficient (Wildman–Crippen LogP) is 8.48. The third-order valence-electron chi connectivity index (χ3n) is 8.85. The second-order valence-electron chi connectivity index (χ2n) is 11.4. The Morgan fingerprint density at radius 2 is 1.72 bits per heavy atom. The molecule has 0 aliphatic heterocycles. The standard InChI is InChI=1S/C29H38/c1-20(2)22-11-13-24(14-12-22)27-25-15-9-21(3)8-10-23(25)6-5-7-26(27)29-17-16-28(4,18-29)19-29/h6,9,11-15,20,26-27H,5,7-8,10,16-19H2,1-4H3. The van der Waals surface area contributed by atoms with E-state index in [2.05, 4.69) is 70.2 Å². The van der Waals surface area contributed by atoms with Crippen LogP contribution in [0.2, 0.25) is 0 Å². The van der Waals surface area contributed by atoms with Crippen LogP contribution in [-0.4, -0.2) is 0 Å². The van der Waals surface area contributed by atoms with E-state index in [1.807, 2.05) is 0 Å². The zero-order valence-electron chi connectivity index (χ0n) is 18.9. The molecular weight excluding hydrogens is 348 g/mol. The summed E-state index contributed by atoms with van der Waals surface area (Å²) < 4.78 is 0. The van der Waals surface area contributed by atoms with Crippen LogP contribution in [0.15, 0.2) is 59.2 Å². The van der Waals surface area contributed by atoms with E-state index in [0.717, 1.165) is 5.92 Å². The molecule has 5 aliphatic carbocycles. The number of allylic oxidation sites excluding steroid dienone is 6. The SMILES string of the molecule is CC1=CC=C2C(=CCCC(C34CCC(C)(C3)C4)C2c2ccc(C(C)C)cc2)CC1. The normalized spacial score (nSPS) is 36.4. The highest BCUT2D eigenvalue weighted by molar-refractivity contribution is 5.48. The fraction of sp³-hybridized carbons (Fsp3) is 0.586. The number of hydrogen-bond donors (Lipinski definition) is 0. The summed E-state index contributed by atoms with van der Waals surface area (Å²) >= 11 is 0. The summed E-state index contributed by atoms with van der Waals surface area (Å²) in [5.41, 5.74) is 9.13. The van der Waals surface area contributed by atoms with E-state index < -0.39 is 0 Å². The number of rotatable bonds is 3. The maximum Gasteiger partial charge on any atom is 0.0126 e. The molecule has 1 aromatic rings. The quantitative estimate of drug-likeness (QED) is 0.488. The fourth-order valence-electron chi connectivity index (χ4n) is 7.40. The highest BCUT2D eigenvalue weighted by atomic mass is 14.7. The van der Waals surface area contributed by atoms with Crippen molar-refractivity contribution in [1.29, 1.82) is 0 Å². The molecule has 5 aliphatic rings. The highest BCUT2D eigenvalue weighted by Crippen LogP contribution is 2.73. The topological polar surface area (TPSA) is 0 Å². The van der Waals surface area contributed by atoms with Gasteiger partial charge in [0.2, 0.25) is 0 Å². The minimum Gasteiger partial charge on any atom is -0.0810 e. The molecule has 0 heterocycles. The maximum atomic E-state index is 2.61. The summed E-state index contributed by atoms with van der Waals surface area (Å²) in [4.78, 5) is 0. The predicted molar refractivity (Wildman–Crippen MR) is 124 cm³/mol. The van der Waals surface area contributed by atoms with Gasteiger partial charge >= 0.3 is 0 Å². The van der Waals surface area contributed by atoms with Crippen LogP contribution in [-0.2, 0) is 0 Å². The highest BCUT2D eigenvalue weighted by Gasteiger charge is 2.62. The lowest BCUT2D eigenvalue weighted by molar-refractivity contribution is -0.00630. The van der Waals surface area contributed by atoms with Crippen LogP contribution in [0.3, 0.4) is 0 Å². The van der Waals surface area contributed by atoms with E-state index in [1.165, 1.54) is 62.5 Å². The third kappa shape index (κ3) is 3.28. The van der Waals surface area contributed by atoms with E-state index in [9.17, 15) is 0 Å². The molecule has 1 aromatic carbocycles. The van der Waals surface area contributed by atoms with Crippen molar-refractivity contribution in [2.45, 2.75) is 90.9 Å². The minimum absolute atomic E-state index is 0.578. The van der Waals surface area contributed by atoms with Crippen molar-refractivity contribution >= 4 is 0 Å². The molecule has 3 saturated carbocycles. The summed E-state index contributed by atoms with van der Waals surface area (Å²) in [6.07, 6.45) is 18.5. The molecule has 6 rings (SSSR count). The number of fused-ring (bicyclic) bond motifs is 2. The van der Waals surface area contributed by atoms with Crippen molar-refractivity contribution in [2.75, 3.05) is 0 Å². The Labute approximate surface area is 178 Å². The van der Waals surface area contributed by atoms with E-state index >= 15 is 0 Å². The molecule has 2 unspecified atom stereocenters. The van der Waals surface area contributed by atoms with Gasteiger partial charge in [-0.1, -0.05) is 68.8 Å². The van der Waals surface area contributed by atoms with Gasteiger partial charge in [0.25, 0.3) is 0 Å². The molecule has 0 spiro atoms. The van der Waals surface area contributed by atoms with Crippen molar-refractivity contribution in [3.63, 3.8) is 0 Å². The first-order valence-corrected chi connectivity index (χ1v) is 12.1. The second kappa shape index (κ2) is 7.00. The molecule has 0 N–H and O–H groups in total. The van der Waals surface area contributed by atoms with Gasteiger partial charge < -0.3 is 0 Å². The van der Waals surface area contributed by atoms with Crippen LogP contribution in [0.4, 0.5) is 0 Å². The van der Waals surface area contributed by atoms with E-state index in [4.69, 9.17) is 0 Å². The summed E-state index contributed by atoms with van der Waals surface area (Å²) in [6.45, 7) is 9.46. The van der Waals surface area contributed by atoms with Crippen molar-refractivity contribution in [2.24, 2.45) is 16.7 Å². The van der Waals surface area contributed by atoms with Gasteiger partial charge in [0.1, 0.15) is 0 Å². The van der Waals surface area contributed by atoms with Crippen molar-refractivity contribution in [1.82, 2.24) is 0 Å². The van der Waals surface area contributed by atoms with Crippen molar-refractivity contribution in [3.8, 4) is 0 Å². The van der Waals surface area contributed by atoms with Crippen LogP contribution in [0.1, 0.15) is 102 Å². The first-order chi connectivity index (χ1) is 13.9. The van der Waals surface area contributed by atoms with Crippen LogP contribution in [0.5, 0.6) is 0 Å². The smallest absolute Gasteiger partial charge is 0.0126 e. The second-order valence-corrected chi connectivity index (χ2v) is 11.4. The van der Waals surface area contributed by atoms with Crippen molar-refractivity contribution in [3.05, 3.63) is 70.3 Å². The molecule has 0 amide bonds. The Balaban J connectivity index is 1.59. The summed E-state index contributed by atoms with van der Waals surface area (Å²) in [6, 6.07) is 9.76. The van der Waals surface area contributed by atoms with Crippen LogP contribution < -0.4 is 0 Å². The molecule has 0 heteroatoms. The molecule has 2 atom stereocenters. The fourth-order valence-corrected chi connectivity index (χ4v) is 7.40. The van der Waals surface area contributed by atoms with Crippen LogP contribution >= 0.6 is 0 Å². The monoisotopic (exact) mass is 386 g/mol. The molecule has 29 heavy (non-hydrogen) atoms. The minimum atomic E-state index is 0.578. The Morgan fingerprint density at radius 3 is 2.38 bits per heavy atom. The Kier molecular flexibility index (Phi) is 4.68. The summed E-state index contributed by atoms with van der Waals surface area (Å²) in [5, 5.41) is 0. The van der Waals surface area contributed by atoms with E-state index in [-0.39, 0.29) is 0 Å². The van der Waals surface area contributed by atoms with E-state index in [0.29, 0.717) is 22.7 Å². The lowest BCUT2D eigenvalue weighted by atomic mass is 9.51. The van der Waals surface area contributed by atoms with Crippen LogP contribution in [0, 0.1) is 16.7 Å². The van der Waals surface area contributed by atoms with Gasteiger partial charge in [0, 0.05) is 5.92 Å². The Bertz CT molecular complexity index is 867. The summed E-state index contributed by atoms with van der Waals surface area (Å²) in [5.74, 6) is 1.98. The zero-order valence-corrected chi connectivity index (χ0v) is 18.9. The first-order valence-electron chi connectivity index (χ1n) is 12.1. The van der Waals surface area contributed by atoms with Gasteiger partial charge in [0.05, 0.1) is 0 Å². The molecular formula is C29H38. The zero-order chi connectivity index (χ0) is 20.2. The molecule has 3 fully saturated rings. The van der Waals surface area contributed by atoms with Crippen molar-refractivity contribution < 1.29 is 0 Å². The van der Waals surface area contributed by atoms with Crippen LogP contribution in [0.25, 0.3) is 0 Å². The molecule has 0 aromatic heterocycles. The maximum absolute atomic E-state index is 2.61. The molecule has 0 saturated heterocycles. The Morgan fingerprint density at radius 1 is 0.966 bits per heavy atom. The van der Waals surface area contributed by atoms with Gasteiger partial charge in [-0.2, -0.15) is 0 Å². The first kappa shape index (κ1) is 19.4. The van der Waals surface area contributed by atoms with Gasteiger partial charge in [0.15, 0.2) is 0 Å². The lowest BCUT2D eigenvalue weighted by Gasteiger charge is -2.53. The third-order valence-corrected chi connectivity index (χ3v) is 8.85. The number of benzene rings is 1. The number of hydrogen-bond acceptors (Lipinski definition) is 0. The van der Waals surface area contributed by atoms with Gasteiger partial charge in [-0.25, -0.2) is 0 Å². The average molecular weight is 387 g/mol. The lowest BCUT2D eigenvalue weighted by Crippen LogP contribution is -2.43. The van der Waals surface area contributed by atoms with E-state index in [1.54, 1.807) is 16.7 Å². The van der Waals surface area contributed by atoms with Gasteiger partial charge in [-0.05, 0) is 103 Å². The van der Waals surface area contributed by atoms with Gasteiger partial charge in [-0.15, -0.1) is 0 Å². The molecule has 0 radical (unpaired) electrons. The Hall–Kier alpha value is -1.56. The van der Waals surface area contributed by atoms with Gasteiger partial charge in [-0.3, -0.25) is 0 Å².